The number of aromatic nitrogens is 3. The zero-order valence-electron chi connectivity index (χ0n) is 15.8. The van der Waals surface area contributed by atoms with Gasteiger partial charge in [0.25, 0.3) is 0 Å². The highest BCUT2D eigenvalue weighted by molar-refractivity contribution is 7.98. The van der Waals surface area contributed by atoms with Crippen LogP contribution in [0.3, 0.4) is 0 Å². The number of carbonyl (C=O) groups is 1. The third-order valence-corrected chi connectivity index (χ3v) is 4.36. The predicted octanol–water partition coefficient (Wildman–Crippen LogP) is 1.53. The fourth-order valence-electron chi connectivity index (χ4n) is 1.51. The molecule has 0 aliphatic heterocycles. The van der Waals surface area contributed by atoms with Gasteiger partial charge in [-0.1, -0.05) is 11.8 Å². The third-order valence-electron chi connectivity index (χ3n) is 2.72. The summed E-state index contributed by atoms with van der Waals surface area (Å²) in [5.41, 5.74) is 5.09. The molecule has 0 aliphatic carbocycles. The summed E-state index contributed by atoms with van der Waals surface area (Å²) in [5, 5.41) is 15.3. The van der Waals surface area contributed by atoms with Crippen molar-refractivity contribution < 1.29 is 19.4 Å². The Morgan fingerprint density at radius 1 is 1.31 bits per heavy atom. The van der Waals surface area contributed by atoms with Crippen molar-refractivity contribution >= 4 is 37.0 Å². The molecule has 12 heteroatoms. The molecule has 0 aliphatic rings. The molecule has 1 heterocycles. The second kappa shape index (κ2) is 12.1. The van der Waals surface area contributed by atoms with E-state index in [1.165, 1.54) is 18.4 Å². The summed E-state index contributed by atoms with van der Waals surface area (Å²) in [4.78, 5) is 31.6. The van der Waals surface area contributed by atoms with Gasteiger partial charge in [0, 0.05) is 25.4 Å². The Morgan fingerprint density at radius 2 is 1.88 bits per heavy atom. The first-order valence-electron chi connectivity index (χ1n) is 8.06. The van der Waals surface area contributed by atoms with Crippen LogP contribution in [0.25, 0.3) is 0 Å². The van der Waals surface area contributed by atoms with E-state index >= 15 is 0 Å². The van der Waals surface area contributed by atoms with Gasteiger partial charge in [-0.25, -0.2) is 0 Å². The van der Waals surface area contributed by atoms with Crippen LogP contribution in [0.1, 0.15) is 27.2 Å². The molecule has 0 bridgehead atoms. The molecule has 0 saturated carbocycles. The fourth-order valence-corrected chi connectivity index (χ4v) is 2.62. The smallest absolute Gasteiger partial charge is 0.320 e. The van der Waals surface area contributed by atoms with E-state index in [4.69, 9.17) is 15.7 Å². The van der Waals surface area contributed by atoms with Crippen molar-refractivity contribution in [3.63, 3.8) is 0 Å². The molecule has 0 saturated heterocycles. The molecule has 150 valence electrons. The lowest BCUT2D eigenvalue weighted by Crippen LogP contribution is -2.30. The molecular formula is C14H29N6O4PS. The minimum Gasteiger partial charge on any atom is -0.480 e. The first-order chi connectivity index (χ1) is 12.0. The highest BCUT2D eigenvalue weighted by Crippen LogP contribution is 2.35. The van der Waals surface area contributed by atoms with E-state index in [1.807, 2.05) is 13.2 Å². The molecule has 0 spiro atoms. The summed E-state index contributed by atoms with van der Waals surface area (Å²) in [5.74, 6) is 0.110. The quantitative estimate of drug-likeness (QED) is 0.297. The second-order valence-corrected chi connectivity index (χ2v) is 9.13. The van der Waals surface area contributed by atoms with Gasteiger partial charge in [0.15, 0.2) is 12.5 Å². The maximum Gasteiger partial charge on any atom is 0.320 e. The van der Waals surface area contributed by atoms with Gasteiger partial charge in [-0.2, -0.15) is 15.0 Å². The van der Waals surface area contributed by atoms with Gasteiger partial charge in [-0.15, -0.1) is 0 Å². The first-order valence-corrected chi connectivity index (χ1v) is 11.6. The molecule has 0 aromatic carbocycles. The molecule has 2 unspecified atom stereocenters. The number of aliphatic carboxylic acids is 1. The van der Waals surface area contributed by atoms with Gasteiger partial charge >= 0.3 is 5.97 Å². The Labute approximate surface area is 158 Å². The molecule has 2 atom stereocenters. The minimum atomic E-state index is -3.10. The molecule has 0 radical (unpaired) electrons. The van der Waals surface area contributed by atoms with Gasteiger partial charge in [0.05, 0.1) is 0 Å². The molecule has 1 rings (SSSR count). The molecular weight excluding hydrogens is 379 g/mol. The molecule has 1 aromatic rings. The van der Waals surface area contributed by atoms with E-state index in [-0.39, 0.29) is 12.6 Å². The predicted molar refractivity (Wildman–Crippen MR) is 105 cm³/mol. The minimum absolute atomic E-state index is 0.0412. The van der Waals surface area contributed by atoms with Crippen molar-refractivity contribution in [1.82, 2.24) is 15.0 Å². The standard InChI is InChI=1S/C9H17N5S.C5H12NO4P/c1-5-10-7-12-8(11-6(2)3)14-9(13-7)15-4;1-11(9,10)3-2-4(6)5(7)8/h6H,5H2,1-4H3,(H2,10,11,12,13,14);4H,2-3,6H2,1H3,(H,7,8)(H,9,10). The van der Waals surface area contributed by atoms with Gasteiger partial charge < -0.3 is 26.4 Å². The number of nitrogens with zero attached hydrogens (tertiary/aromatic N) is 3. The summed E-state index contributed by atoms with van der Waals surface area (Å²) < 4.78 is 10.6. The normalized spacial score (nSPS) is 14.0. The fraction of sp³-hybridized carbons (Fsp3) is 0.714. The van der Waals surface area contributed by atoms with Gasteiger partial charge in [-0.3, -0.25) is 9.36 Å². The van der Waals surface area contributed by atoms with Crippen LogP contribution in [0.15, 0.2) is 5.16 Å². The van der Waals surface area contributed by atoms with Crippen molar-refractivity contribution in [3.8, 4) is 0 Å². The number of carboxylic acids is 1. The van der Waals surface area contributed by atoms with Crippen LogP contribution in [-0.2, 0) is 9.36 Å². The molecule has 6 N–H and O–H groups in total. The van der Waals surface area contributed by atoms with Gasteiger partial charge in [0.1, 0.15) is 6.04 Å². The number of hydrogen-bond donors (Lipinski definition) is 5. The second-order valence-electron chi connectivity index (χ2n) is 5.81. The molecule has 0 fully saturated rings. The first kappa shape index (κ1) is 24.6. The summed E-state index contributed by atoms with van der Waals surface area (Å²) in [6.07, 6.45) is 1.95. The Balaban J connectivity index is 0.000000508. The van der Waals surface area contributed by atoms with Crippen LogP contribution in [0.5, 0.6) is 0 Å². The Bertz CT molecular complexity index is 613. The van der Waals surface area contributed by atoms with Gasteiger partial charge in [0.2, 0.25) is 11.9 Å². The van der Waals surface area contributed by atoms with Gasteiger partial charge in [-0.05, 0) is 33.4 Å². The monoisotopic (exact) mass is 408 g/mol. The summed E-state index contributed by atoms with van der Waals surface area (Å²) in [7, 11) is -3.10. The highest BCUT2D eigenvalue weighted by atomic mass is 32.2. The molecule has 1 aromatic heterocycles. The Hall–Kier alpha value is -1.42. The largest absolute Gasteiger partial charge is 0.480 e. The average molecular weight is 408 g/mol. The van der Waals surface area contributed by atoms with Crippen LogP contribution in [-0.4, -0.2) is 68.6 Å². The maximum absolute atomic E-state index is 10.6. The number of nitrogens with two attached hydrogens (primary N) is 1. The summed E-state index contributed by atoms with van der Waals surface area (Å²) in [6.45, 7) is 8.10. The van der Waals surface area contributed by atoms with Crippen LogP contribution in [0.2, 0.25) is 0 Å². The lowest BCUT2D eigenvalue weighted by molar-refractivity contribution is -0.138. The number of carboxylic acid groups (broad SMARTS) is 1. The number of anilines is 2. The van der Waals surface area contributed by atoms with Crippen LogP contribution in [0.4, 0.5) is 11.9 Å². The van der Waals surface area contributed by atoms with Crippen LogP contribution < -0.4 is 16.4 Å². The number of nitrogens with one attached hydrogen (secondary N) is 2. The van der Waals surface area contributed by atoms with E-state index < -0.39 is 19.4 Å². The van der Waals surface area contributed by atoms with E-state index in [9.17, 15) is 9.36 Å². The van der Waals surface area contributed by atoms with E-state index in [0.717, 1.165) is 11.7 Å². The van der Waals surface area contributed by atoms with Crippen molar-refractivity contribution in [1.29, 1.82) is 0 Å². The topological polar surface area (TPSA) is 163 Å². The summed E-state index contributed by atoms with van der Waals surface area (Å²) in [6, 6.07) is -0.716. The van der Waals surface area contributed by atoms with Crippen molar-refractivity contribution in [2.45, 2.75) is 44.4 Å². The van der Waals surface area contributed by atoms with E-state index in [2.05, 4.69) is 39.4 Å². The number of hydrogen-bond acceptors (Lipinski definition) is 9. The number of thioether (sulfide) groups is 1. The SMILES string of the molecule is CCNc1nc(NC(C)C)nc(SC)n1.CP(=O)(O)CCC(N)C(=O)O. The molecule has 26 heavy (non-hydrogen) atoms. The van der Waals surface area contributed by atoms with Crippen molar-refractivity contribution in [2.24, 2.45) is 5.73 Å². The van der Waals surface area contributed by atoms with Crippen LogP contribution >= 0.6 is 19.1 Å². The molecule has 0 amide bonds. The highest BCUT2D eigenvalue weighted by Gasteiger charge is 2.16. The van der Waals surface area contributed by atoms with E-state index in [1.54, 1.807) is 0 Å². The number of rotatable bonds is 9. The van der Waals surface area contributed by atoms with Crippen molar-refractivity contribution in [3.05, 3.63) is 0 Å². The molecule has 10 nitrogen and oxygen atoms in total. The Kier molecular flexibility index (Phi) is 11.4. The Morgan fingerprint density at radius 3 is 2.31 bits per heavy atom. The summed E-state index contributed by atoms with van der Waals surface area (Å²) >= 11 is 1.51. The zero-order valence-corrected chi connectivity index (χ0v) is 17.5. The lowest BCUT2D eigenvalue weighted by Gasteiger charge is -2.10. The maximum atomic E-state index is 10.6. The third kappa shape index (κ3) is 12.0. The zero-order chi connectivity index (χ0) is 20.3. The van der Waals surface area contributed by atoms with Crippen molar-refractivity contribution in [2.75, 3.05) is 36.3 Å². The lowest BCUT2D eigenvalue weighted by atomic mass is 10.2. The van der Waals surface area contributed by atoms with E-state index in [0.29, 0.717) is 17.9 Å². The average Bonchev–Trinajstić information content (AvgIpc) is 2.51. The van der Waals surface area contributed by atoms with Crippen LogP contribution in [0, 0.1) is 0 Å².